The molecule has 4 saturated heterocycles. The van der Waals surface area contributed by atoms with E-state index in [1.807, 2.05) is 6.07 Å². The summed E-state index contributed by atoms with van der Waals surface area (Å²) in [6.45, 7) is -0.619. The Bertz CT molecular complexity index is 2230. The Balaban J connectivity index is 0.000000136. The normalized spacial score (nSPS) is 33.9. The van der Waals surface area contributed by atoms with Crippen LogP contribution < -0.4 is 11.1 Å². The van der Waals surface area contributed by atoms with E-state index in [1.54, 1.807) is 39.7 Å². The van der Waals surface area contributed by atoms with Crippen molar-refractivity contribution in [1.82, 2.24) is 39.0 Å². The molecule has 7 N–H and O–H groups in total. The van der Waals surface area contributed by atoms with E-state index in [4.69, 9.17) is 24.7 Å². The first kappa shape index (κ1) is 32.0. The van der Waals surface area contributed by atoms with Gasteiger partial charge in [0, 0.05) is 5.56 Å². The lowest BCUT2D eigenvalue weighted by atomic mass is 9.91. The molecular weight excluding hydrogens is 680 g/mol. The van der Waals surface area contributed by atoms with Crippen molar-refractivity contribution in [3.05, 3.63) is 61.2 Å². The molecule has 0 radical (unpaired) electrons. The Morgan fingerprint density at radius 2 is 1.27 bits per heavy atom. The third-order valence-corrected chi connectivity index (χ3v) is 11.5. The molecular formula is C33H34N10O9. The molecule has 52 heavy (non-hydrogen) atoms. The van der Waals surface area contributed by atoms with Crippen LogP contribution in [0.5, 0.6) is 0 Å². The number of benzene rings is 1. The number of carbonyl (C=O) groups is 1. The van der Waals surface area contributed by atoms with Crippen molar-refractivity contribution in [2.45, 2.75) is 85.0 Å². The van der Waals surface area contributed by atoms with Crippen LogP contribution in [-0.4, -0.2) is 125 Å². The Labute approximate surface area is 293 Å². The Hall–Kier alpha value is -4.73. The molecule has 19 heteroatoms. The number of anilines is 2. The molecule has 6 fully saturated rings. The first-order chi connectivity index (χ1) is 25.2. The predicted molar refractivity (Wildman–Crippen MR) is 175 cm³/mol. The second-order valence-corrected chi connectivity index (χ2v) is 14.1. The summed E-state index contributed by atoms with van der Waals surface area (Å²) in [6.07, 6.45) is 4.45. The minimum atomic E-state index is -1.14. The van der Waals surface area contributed by atoms with Gasteiger partial charge in [0.1, 0.15) is 53.8 Å². The Morgan fingerprint density at radius 3 is 1.81 bits per heavy atom. The highest BCUT2D eigenvalue weighted by Gasteiger charge is 2.79. The number of fused-ring (bicyclic) bond motifs is 8. The Kier molecular flexibility index (Phi) is 6.70. The van der Waals surface area contributed by atoms with Crippen LogP contribution >= 0.6 is 0 Å². The second-order valence-electron chi connectivity index (χ2n) is 14.1. The number of aromatic nitrogens is 8. The highest BCUT2D eigenvalue weighted by molar-refractivity contribution is 6.06. The van der Waals surface area contributed by atoms with Gasteiger partial charge in [0.05, 0.1) is 25.9 Å². The summed E-state index contributed by atoms with van der Waals surface area (Å²) in [5.41, 5.74) is 4.72. The van der Waals surface area contributed by atoms with Gasteiger partial charge in [0.15, 0.2) is 52.1 Å². The van der Waals surface area contributed by atoms with Gasteiger partial charge in [-0.1, -0.05) is 18.2 Å². The zero-order valence-electron chi connectivity index (χ0n) is 27.4. The molecule has 19 nitrogen and oxygen atoms in total. The number of amides is 1. The summed E-state index contributed by atoms with van der Waals surface area (Å²) in [5.74, 6) is 0.242. The maximum Gasteiger partial charge on any atom is 0.256 e. The minimum Gasteiger partial charge on any atom is -0.393 e. The lowest BCUT2D eigenvalue weighted by molar-refractivity contribution is -0.233. The standard InChI is InChI=1S/C20H19N5O5.C13H15N5O4/c26-8-20-14(27)13(29-19(20)6-7-19)18(30-20)25-10-23-12-15(21-9-22-16(12)25)24-17(28)11-4-2-1-3-5-11;14-9-6-10(16-4-15-9)18(5-17-6)11-7-8(20)13(3-19,22-11)12(21-7)1-2-12/h1-5,9-10,13-14,18,26-27H,6-8H2,(H,21,22,24,28);4-5,7-8,11,19-20H,1-3H2,(H2,14,15,16)/t13?,14-,18-,20-;7?,8-,11-,13-/m11/s1. The van der Waals surface area contributed by atoms with Crippen LogP contribution in [0.3, 0.4) is 0 Å². The maximum atomic E-state index is 12.5. The predicted octanol–water partition coefficient (Wildman–Crippen LogP) is -0.408. The second kappa shape index (κ2) is 10.9. The van der Waals surface area contributed by atoms with Crippen molar-refractivity contribution in [3.8, 4) is 0 Å². The van der Waals surface area contributed by atoms with Gasteiger partial charge in [-0.2, -0.15) is 0 Å². The third kappa shape index (κ3) is 4.09. The van der Waals surface area contributed by atoms with Crippen LogP contribution in [0.4, 0.5) is 11.6 Å². The molecule has 4 bridgehead atoms. The van der Waals surface area contributed by atoms with Crippen LogP contribution in [0.2, 0.25) is 0 Å². The highest BCUT2D eigenvalue weighted by Crippen LogP contribution is 2.65. The van der Waals surface area contributed by atoms with E-state index in [-0.39, 0.29) is 30.8 Å². The topological polar surface area (TPSA) is 260 Å². The average molecular weight is 715 g/mol. The molecule has 1 amide bonds. The SMILES string of the molecule is Nc1ncnc2c1ncn2[C@@H]1O[C@]2(CO)[C@H](O)C1OC21CC1.O=C(Nc1ncnc2c1ncn2[C@@H]1O[C@]2(CO)[C@H](O)C1OC21CC1)c1ccccc1. The van der Waals surface area contributed by atoms with Gasteiger partial charge in [0.2, 0.25) is 0 Å². The van der Waals surface area contributed by atoms with Gasteiger partial charge >= 0.3 is 0 Å². The van der Waals surface area contributed by atoms with E-state index in [2.05, 4.69) is 35.2 Å². The molecule has 2 aliphatic carbocycles. The summed E-state index contributed by atoms with van der Waals surface area (Å²) in [6, 6.07) is 8.80. The monoisotopic (exact) mass is 714 g/mol. The lowest BCUT2D eigenvalue weighted by Gasteiger charge is -2.36. The number of aliphatic hydroxyl groups excluding tert-OH is 4. The number of nitrogens with zero attached hydrogens (tertiary/aromatic N) is 8. The van der Waals surface area contributed by atoms with E-state index in [1.165, 1.54) is 19.0 Å². The van der Waals surface area contributed by atoms with E-state index < -0.39 is 59.3 Å². The van der Waals surface area contributed by atoms with Crippen LogP contribution in [-0.2, 0) is 18.9 Å². The van der Waals surface area contributed by atoms with Gasteiger partial charge in [-0.05, 0) is 37.8 Å². The fraction of sp³-hybridized carbons (Fsp3) is 0.485. The maximum absolute atomic E-state index is 12.5. The number of nitrogen functional groups attached to an aromatic ring is 1. The van der Waals surface area contributed by atoms with E-state index in [0.717, 1.165) is 25.7 Å². The Morgan fingerprint density at radius 1 is 0.750 bits per heavy atom. The summed E-state index contributed by atoms with van der Waals surface area (Å²) < 4.78 is 27.7. The molecule has 4 aromatic heterocycles. The number of hydrogen-bond donors (Lipinski definition) is 6. The van der Waals surface area contributed by atoms with Crippen LogP contribution in [0.25, 0.3) is 22.3 Å². The van der Waals surface area contributed by atoms with Gasteiger partial charge in [-0.25, -0.2) is 29.9 Å². The smallest absolute Gasteiger partial charge is 0.256 e. The molecule has 270 valence electrons. The van der Waals surface area contributed by atoms with E-state index in [0.29, 0.717) is 27.9 Å². The summed E-state index contributed by atoms with van der Waals surface area (Å²) in [5, 5.41) is 43.9. The third-order valence-electron chi connectivity index (χ3n) is 11.5. The molecule has 4 aliphatic heterocycles. The van der Waals surface area contributed by atoms with Gasteiger partial charge in [-0.3, -0.25) is 13.9 Å². The molecule has 2 spiro atoms. The quantitative estimate of drug-likeness (QED) is 0.131. The molecule has 2 unspecified atom stereocenters. The fourth-order valence-electron chi connectivity index (χ4n) is 8.51. The van der Waals surface area contributed by atoms with E-state index >= 15 is 0 Å². The summed E-state index contributed by atoms with van der Waals surface area (Å²) in [4.78, 5) is 37.6. The highest BCUT2D eigenvalue weighted by atomic mass is 16.7. The number of imidazole rings is 2. The van der Waals surface area contributed by atoms with Crippen LogP contribution in [0, 0.1) is 0 Å². The van der Waals surface area contributed by atoms with Crippen LogP contribution in [0.15, 0.2) is 55.6 Å². The van der Waals surface area contributed by atoms with Gasteiger partial charge < -0.3 is 50.4 Å². The van der Waals surface area contributed by atoms with Crippen molar-refractivity contribution in [2.24, 2.45) is 0 Å². The zero-order valence-corrected chi connectivity index (χ0v) is 27.4. The largest absolute Gasteiger partial charge is 0.393 e. The van der Waals surface area contributed by atoms with Crippen LogP contribution in [0.1, 0.15) is 48.5 Å². The van der Waals surface area contributed by atoms with Gasteiger partial charge in [-0.15, -0.1) is 0 Å². The average Bonchev–Trinajstić information content (AvgIpc) is 3.84. The van der Waals surface area contributed by atoms with Crippen molar-refractivity contribution in [2.75, 3.05) is 24.3 Å². The number of aliphatic hydroxyl groups is 4. The fourth-order valence-corrected chi connectivity index (χ4v) is 8.51. The van der Waals surface area contributed by atoms with Crippen molar-refractivity contribution < 1.29 is 44.2 Å². The number of nitrogens with one attached hydrogen (secondary N) is 1. The molecule has 11 rings (SSSR count). The molecule has 8 heterocycles. The number of rotatable bonds is 6. The molecule has 2 saturated carbocycles. The van der Waals surface area contributed by atoms with Crippen molar-refractivity contribution in [1.29, 1.82) is 0 Å². The zero-order chi connectivity index (χ0) is 35.6. The number of ether oxygens (including phenoxy) is 4. The first-order valence-corrected chi connectivity index (χ1v) is 17.0. The first-order valence-electron chi connectivity index (χ1n) is 17.0. The number of nitrogens with two attached hydrogens (primary N) is 1. The van der Waals surface area contributed by atoms with Gasteiger partial charge in [0.25, 0.3) is 5.91 Å². The lowest BCUT2D eigenvalue weighted by Crippen LogP contribution is -2.52. The molecule has 1 aromatic carbocycles. The number of carbonyl (C=O) groups excluding carboxylic acids is 1. The summed E-state index contributed by atoms with van der Waals surface area (Å²) >= 11 is 0. The number of hydrogen-bond acceptors (Lipinski definition) is 16. The molecule has 6 aliphatic rings. The van der Waals surface area contributed by atoms with E-state index in [9.17, 15) is 25.2 Å². The molecule has 8 atom stereocenters. The summed E-state index contributed by atoms with van der Waals surface area (Å²) in [7, 11) is 0. The van der Waals surface area contributed by atoms with Crippen molar-refractivity contribution >= 4 is 39.9 Å². The molecule has 5 aromatic rings. The van der Waals surface area contributed by atoms with Crippen molar-refractivity contribution in [3.63, 3.8) is 0 Å². The minimum absolute atomic E-state index is 0.271.